The van der Waals surface area contributed by atoms with Gasteiger partial charge >= 0.3 is 6.09 Å². The molecule has 2 amide bonds. The Morgan fingerprint density at radius 2 is 1.82 bits per heavy atom. The first-order valence-electron chi connectivity index (χ1n) is 6.63. The summed E-state index contributed by atoms with van der Waals surface area (Å²) in [6.45, 7) is 0.0139. The van der Waals surface area contributed by atoms with Crippen LogP contribution in [0.15, 0.2) is 59.1 Å². The highest BCUT2D eigenvalue weighted by molar-refractivity contribution is 9.10. The molecule has 2 rings (SSSR count). The van der Waals surface area contributed by atoms with Crippen LogP contribution < -0.4 is 10.6 Å². The van der Waals surface area contributed by atoms with Crippen molar-refractivity contribution in [1.29, 1.82) is 0 Å². The highest BCUT2D eigenvalue weighted by atomic mass is 79.9. The van der Waals surface area contributed by atoms with E-state index in [0.717, 1.165) is 10.0 Å². The van der Waals surface area contributed by atoms with Gasteiger partial charge in [0, 0.05) is 10.2 Å². The van der Waals surface area contributed by atoms with E-state index in [2.05, 4.69) is 26.6 Å². The second-order valence-electron chi connectivity index (χ2n) is 4.47. The Hall–Kier alpha value is -2.34. The molecule has 0 spiro atoms. The zero-order valence-corrected chi connectivity index (χ0v) is 13.3. The van der Waals surface area contributed by atoms with Gasteiger partial charge in [0.2, 0.25) is 5.91 Å². The van der Waals surface area contributed by atoms with Crippen LogP contribution in [0, 0.1) is 0 Å². The predicted molar refractivity (Wildman–Crippen MR) is 87.4 cm³/mol. The highest BCUT2D eigenvalue weighted by Crippen LogP contribution is 2.15. The Morgan fingerprint density at radius 1 is 1.05 bits per heavy atom. The Kier molecular flexibility index (Phi) is 5.97. The standard InChI is InChI=1S/C16H15BrN2O3/c17-13-7-4-8-14(9-13)19-15(20)10-18-16(21)22-11-12-5-2-1-3-6-12/h1-9H,10-11H2,(H,18,21)(H,19,20). The molecule has 5 nitrogen and oxygen atoms in total. The molecule has 22 heavy (non-hydrogen) atoms. The minimum atomic E-state index is -0.631. The van der Waals surface area contributed by atoms with Crippen molar-refractivity contribution in [2.24, 2.45) is 0 Å². The monoisotopic (exact) mass is 362 g/mol. The summed E-state index contributed by atoms with van der Waals surface area (Å²) in [6.07, 6.45) is -0.631. The van der Waals surface area contributed by atoms with E-state index in [4.69, 9.17) is 4.74 Å². The first-order chi connectivity index (χ1) is 10.6. The lowest BCUT2D eigenvalue weighted by Gasteiger charge is -2.08. The third-order valence-electron chi connectivity index (χ3n) is 2.71. The SMILES string of the molecule is O=C(CNC(=O)OCc1ccccc1)Nc1cccc(Br)c1. The van der Waals surface area contributed by atoms with Crippen LogP contribution in [0.2, 0.25) is 0 Å². The molecular weight excluding hydrogens is 348 g/mol. The van der Waals surface area contributed by atoms with Crippen molar-refractivity contribution in [3.05, 3.63) is 64.6 Å². The number of hydrogen-bond acceptors (Lipinski definition) is 3. The number of carbonyl (C=O) groups is 2. The fourth-order valence-corrected chi connectivity index (χ4v) is 2.10. The second kappa shape index (κ2) is 8.19. The lowest BCUT2D eigenvalue weighted by Crippen LogP contribution is -2.33. The van der Waals surface area contributed by atoms with Gasteiger partial charge in [0.05, 0.1) is 0 Å². The Balaban J connectivity index is 1.70. The van der Waals surface area contributed by atoms with Crippen molar-refractivity contribution in [3.8, 4) is 0 Å². The molecule has 0 fully saturated rings. The number of amides is 2. The molecule has 0 saturated carbocycles. The van der Waals surface area contributed by atoms with Gasteiger partial charge in [-0.05, 0) is 23.8 Å². The van der Waals surface area contributed by atoms with E-state index in [1.807, 2.05) is 36.4 Å². The smallest absolute Gasteiger partial charge is 0.407 e. The molecule has 0 unspecified atom stereocenters. The van der Waals surface area contributed by atoms with E-state index in [1.165, 1.54) is 0 Å². The average Bonchev–Trinajstić information content (AvgIpc) is 2.52. The van der Waals surface area contributed by atoms with Gasteiger partial charge in [-0.15, -0.1) is 0 Å². The molecule has 0 atom stereocenters. The zero-order valence-electron chi connectivity index (χ0n) is 11.7. The third-order valence-corrected chi connectivity index (χ3v) is 3.21. The molecule has 0 heterocycles. The molecular formula is C16H15BrN2O3. The number of anilines is 1. The molecule has 0 aliphatic heterocycles. The summed E-state index contributed by atoms with van der Waals surface area (Å²) in [7, 11) is 0. The van der Waals surface area contributed by atoms with Crippen LogP contribution in [-0.4, -0.2) is 18.5 Å². The summed E-state index contributed by atoms with van der Waals surface area (Å²) in [5.74, 6) is -0.324. The highest BCUT2D eigenvalue weighted by Gasteiger charge is 2.07. The maximum atomic E-state index is 11.7. The molecule has 0 radical (unpaired) electrons. The predicted octanol–water partition coefficient (Wildman–Crippen LogP) is 3.31. The molecule has 0 saturated heterocycles. The van der Waals surface area contributed by atoms with Gasteiger partial charge in [-0.3, -0.25) is 4.79 Å². The molecule has 2 aromatic rings. The van der Waals surface area contributed by atoms with Gasteiger partial charge in [0.1, 0.15) is 13.2 Å². The van der Waals surface area contributed by atoms with E-state index >= 15 is 0 Å². The molecule has 0 aromatic heterocycles. The van der Waals surface area contributed by atoms with Crippen LogP contribution in [0.25, 0.3) is 0 Å². The van der Waals surface area contributed by atoms with Crippen molar-refractivity contribution in [1.82, 2.24) is 5.32 Å². The molecule has 2 aromatic carbocycles. The number of rotatable bonds is 5. The number of benzene rings is 2. The van der Waals surface area contributed by atoms with Crippen LogP contribution in [-0.2, 0) is 16.1 Å². The van der Waals surface area contributed by atoms with Crippen molar-refractivity contribution < 1.29 is 14.3 Å². The molecule has 0 bridgehead atoms. The first-order valence-corrected chi connectivity index (χ1v) is 7.43. The fourth-order valence-electron chi connectivity index (χ4n) is 1.70. The number of carbonyl (C=O) groups excluding carboxylic acids is 2. The molecule has 114 valence electrons. The summed E-state index contributed by atoms with van der Waals surface area (Å²) < 4.78 is 5.87. The Morgan fingerprint density at radius 3 is 2.55 bits per heavy atom. The average molecular weight is 363 g/mol. The van der Waals surface area contributed by atoms with E-state index in [-0.39, 0.29) is 19.1 Å². The van der Waals surface area contributed by atoms with Gasteiger partial charge in [-0.1, -0.05) is 52.3 Å². The summed E-state index contributed by atoms with van der Waals surface area (Å²) in [6, 6.07) is 16.5. The van der Waals surface area contributed by atoms with E-state index in [9.17, 15) is 9.59 Å². The normalized spacial score (nSPS) is 9.86. The maximum Gasteiger partial charge on any atom is 0.407 e. The minimum absolute atomic E-state index is 0.153. The lowest BCUT2D eigenvalue weighted by atomic mass is 10.2. The van der Waals surface area contributed by atoms with Crippen LogP contribution >= 0.6 is 15.9 Å². The molecule has 6 heteroatoms. The summed E-state index contributed by atoms with van der Waals surface area (Å²) in [4.78, 5) is 23.2. The quantitative estimate of drug-likeness (QED) is 0.857. The van der Waals surface area contributed by atoms with Crippen LogP contribution in [0.1, 0.15) is 5.56 Å². The summed E-state index contributed by atoms with van der Waals surface area (Å²) in [5, 5.41) is 5.08. The van der Waals surface area contributed by atoms with Crippen LogP contribution in [0.4, 0.5) is 10.5 Å². The number of hydrogen-bond donors (Lipinski definition) is 2. The topological polar surface area (TPSA) is 67.4 Å². The summed E-state index contributed by atoms with van der Waals surface area (Å²) in [5.41, 5.74) is 1.54. The Bertz CT molecular complexity index is 647. The largest absolute Gasteiger partial charge is 0.445 e. The van der Waals surface area contributed by atoms with Crippen molar-refractivity contribution in [2.45, 2.75) is 6.61 Å². The second-order valence-corrected chi connectivity index (χ2v) is 5.39. The van der Waals surface area contributed by atoms with Gasteiger partial charge in [0.25, 0.3) is 0 Å². The third kappa shape index (κ3) is 5.57. The summed E-state index contributed by atoms with van der Waals surface area (Å²) >= 11 is 3.32. The van der Waals surface area contributed by atoms with Crippen LogP contribution in [0.3, 0.4) is 0 Å². The van der Waals surface area contributed by atoms with Gasteiger partial charge < -0.3 is 15.4 Å². The molecule has 0 aliphatic rings. The number of ether oxygens (including phenoxy) is 1. The first kappa shape index (κ1) is 16.0. The van der Waals surface area contributed by atoms with Crippen molar-refractivity contribution in [3.63, 3.8) is 0 Å². The Labute approximate surface area is 136 Å². The number of nitrogens with one attached hydrogen (secondary N) is 2. The fraction of sp³-hybridized carbons (Fsp3) is 0.125. The van der Waals surface area contributed by atoms with Gasteiger partial charge in [0.15, 0.2) is 0 Å². The zero-order chi connectivity index (χ0) is 15.8. The van der Waals surface area contributed by atoms with Gasteiger partial charge in [-0.25, -0.2) is 4.79 Å². The van der Waals surface area contributed by atoms with Crippen molar-refractivity contribution in [2.75, 3.05) is 11.9 Å². The van der Waals surface area contributed by atoms with Gasteiger partial charge in [-0.2, -0.15) is 0 Å². The van der Waals surface area contributed by atoms with Crippen molar-refractivity contribution >= 4 is 33.6 Å². The number of halogens is 1. The van der Waals surface area contributed by atoms with E-state index < -0.39 is 6.09 Å². The van der Waals surface area contributed by atoms with Crippen LogP contribution in [0.5, 0.6) is 0 Å². The molecule has 2 N–H and O–H groups in total. The maximum absolute atomic E-state index is 11.7. The minimum Gasteiger partial charge on any atom is -0.445 e. The van der Waals surface area contributed by atoms with E-state index in [1.54, 1.807) is 18.2 Å². The number of alkyl carbamates (subject to hydrolysis) is 1. The molecule has 0 aliphatic carbocycles. The van der Waals surface area contributed by atoms with E-state index in [0.29, 0.717) is 5.69 Å². The lowest BCUT2D eigenvalue weighted by molar-refractivity contribution is -0.115.